The minimum atomic E-state index is 0.573. The molecule has 1 aliphatic carbocycles. The molecule has 20 heavy (non-hydrogen) atoms. The molecule has 106 valence electrons. The summed E-state index contributed by atoms with van der Waals surface area (Å²) in [6, 6.07) is 6.09. The van der Waals surface area contributed by atoms with Crippen LogP contribution in [0.1, 0.15) is 56.5 Å². The van der Waals surface area contributed by atoms with Crippen LogP contribution >= 0.6 is 0 Å². The van der Waals surface area contributed by atoms with Gasteiger partial charge in [-0.2, -0.15) is 0 Å². The molecule has 1 fully saturated rings. The van der Waals surface area contributed by atoms with Crippen molar-refractivity contribution < 1.29 is 0 Å². The van der Waals surface area contributed by atoms with Crippen molar-refractivity contribution in [2.24, 2.45) is 7.05 Å². The highest BCUT2D eigenvalue weighted by atomic mass is 15.3. The van der Waals surface area contributed by atoms with E-state index in [-0.39, 0.29) is 0 Å². The molecule has 1 saturated carbocycles. The Kier molecular flexibility index (Phi) is 3.81. The molecule has 2 aromatic heterocycles. The van der Waals surface area contributed by atoms with E-state index in [2.05, 4.69) is 23.1 Å². The third-order valence-electron chi connectivity index (χ3n) is 4.17. The zero-order valence-electron chi connectivity index (χ0n) is 12.3. The first-order chi connectivity index (χ1) is 9.78. The first-order valence-corrected chi connectivity index (χ1v) is 7.65. The fraction of sp³-hybridized carbons (Fsp3) is 0.562. The predicted octanol–water partition coefficient (Wildman–Crippen LogP) is 3.49. The summed E-state index contributed by atoms with van der Waals surface area (Å²) in [6.07, 6.45) is 7.42. The molecule has 1 aliphatic rings. The zero-order valence-corrected chi connectivity index (χ0v) is 12.3. The molecular weight excluding hydrogens is 248 g/mol. The highest BCUT2D eigenvalue weighted by Crippen LogP contribution is 2.32. The second-order valence-corrected chi connectivity index (χ2v) is 5.62. The normalized spacial score (nSPS) is 16.5. The van der Waals surface area contributed by atoms with Crippen LogP contribution in [0, 0.1) is 0 Å². The molecular formula is C16H22N4. The van der Waals surface area contributed by atoms with E-state index in [1.165, 1.54) is 32.1 Å². The lowest BCUT2D eigenvalue weighted by molar-refractivity contribution is 0.417. The number of hydrogen-bond acceptors (Lipinski definition) is 3. The Morgan fingerprint density at radius 3 is 2.70 bits per heavy atom. The van der Waals surface area contributed by atoms with Crippen LogP contribution in [0.4, 0.5) is 0 Å². The van der Waals surface area contributed by atoms with Gasteiger partial charge in [-0.25, -0.2) is 9.97 Å². The topological polar surface area (TPSA) is 43.6 Å². The van der Waals surface area contributed by atoms with Crippen LogP contribution in [-0.4, -0.2) is 19.7 Å². The van der Waals surface area contributed by atoms with Gasteiger partial charge in [0.25, 0.3) is 0 Å². The predicted molar refractivity (Wildman–Crippen MR) is 79.4 cm³/mol. The standard InChI is InChI=1S/C16H22N4/c1-3-13-10-7-11-14(17-13)15-18-16(20(2)19-15)12-8-5-4-6-9-12/h7,10-12H,3-6,8-9H2,1-2H3. The number of aryl methyl sites for hydroxylation is 2. The molecule has 3 rings (SSSR count). The molecule has 0 spiro atoms. The van der Waals surface area contributed by atoms with Gasteiger partial charge in [0.1, 0.15) is 11.5 Å². The molecule has 4 heteroatoms. The summed E-state index contributed by atoms with van der Waals surface area (Å²) in [5.74, 6) is 2.47. The van der Waals surface area contributed by atoms with Gasteiger partial charge in [0, 0.05) is 18.7 Å². The average molecular weight is 270 g/mol. The van der Waals surface area contributed by atoms with Gasteiger partial charge in [-0.3, -0.25) is 4.68 Å². The summed E-state index contributed by atoms with van der Waals surface area (Å²) >= 11 is 0. The van der Waals surface area contributed by atoms with E-state index in [0.717, 1.165) is 29.5 Å². The van der Waals surface area contributed by atoms with Crippen LogP contribution in [-0.2, 0) is 13.5 Å². The Bertz CT molecular complexity index is 582. The summed E-state index contributed by atoms with van der Waals surface area (Å²) in [7, 11) is 2.00. The van der Waals surface area contributed by atoms with Crippen LogP contribution < -0.4 is 0 Å². The number of aromatic nitrogens is 4. The van der Waals surface area contributed by atoms with Crippen molar-refractivity contribution in [3.05, 3.63) is 29.7 Å². The Labute approximate surface area is 120 Å². The van der Waals surface area contributed by atoms with Gasteiger partial charge < -0.3 is 0 Å². The summed E-state index contributed by atoms with van der Waals surface area (Å²) in [4.78, 5) is 9.39. The highest BCUT2D eigenvalue weighted by Gasteiger charge is 2.21. The zero-order chi connectivity index (χ0) is 13.9. The molecule has 0 N–H and O–H groups in total. The molecule has 0 atom stereocenters. The second kappa shape index (κ2) is 5.73. The van der Waals surface area contributed by atoms with Crippen molar-refractivity contribution >= 4 is 0 Å². The third kappa shape index (κ3) is 2.60. The van der Waals surface area contributed by atoms with Gasteiger partial charge in [-0.05, 0) is 31.4 Å². The van der Waals surface area contributed by atoms with Crippen LogP contribution in [0.15, 0.2) is 18.2 Å². The van der Waals surface area contributed by atoms with Crippen molar-refractivity contribution in [1.82, 2.24) is 19.7 Å². The maximum Gasteiger partial charge on any atom is 0.200 e. The van der Waals surface area contributed by atoms with Crippen molar-refractivity contribution in [3.8, 4) is 11.5 Å². The Morgan fingerprint density at radius 1 is 1.15 bits per heavy atom. The van der Waals surface area contributed by atoms with E-state index in [1.54, 1.807) is 0 Å². The quantitative estimate of drug-likeness (QED) is 0.857. The van der Waals surface area contributed by atoms with E-state index in [9.17, 15) is 0 Å². The molecule has 0 aromatic carbocycles. The van der Waals surface area contributed by atoms with Gasteiger partial charge in [-0.15, -0.1) is 5.10 Å². The first kappa shape index (κ1) is 13.3. The molecule has 0 saturated heterocycles. The maximum atomic E-state index is 4.77. The number of rotatable bonds is 3. The molecule has 0 amide bonds. The molecule has 0 radical (unpaired) electrons. The minimum Gasteiger partial charge on any atom is -0.252 e. The van der Waals surface area contributed by atoms with Crippen molar-refractivity contribution in [1.29, 1.82) is 0 Å². The largest absolute Gasteiger partial charge is 0.252 e. The molecule has 0 unspecified atom stereocenters. The minimum absolute atomic E-state index is 0.573. The van der Waals surface area contributed by atoms with Crippen molar-refractivity contribution in [3.63, 3.8) is 0 Å². The monoisotopic (exact) mass is 270 g/mol. The van der Waals surface area contributed by atoms with Crippen LogP contribution in [0.2, 0.25) is 0 Å². The average Bonchev–Trinajstić information content (AvgIpc) is 2.90. The maximum absolute atomic E-state index is 4.77. The number of nitrogens with zero attached hydrogens (tertiary/aromatic N) is 4. The van der Waals surface area contributed by atoms with E-state index in [4.69, 9.17) is 4.98 Å². The van der Waals surface area contributed by atoms with E-state index in [0.29, 0.717) is 5.92 Å². The van der Waals surface area contributed by atoms with E-state index in [1.807, 2.05) is 23.9 Å². The first-order valence-electron chi connectivity index (χ1n) is 7.65. The van der Waals surface area contributed by atoms with Gasteiger partial charge in [0.15, 0.2) is 5.82 Å². The van der Waals surface area contributed by atoms with Gasteiger partial charge in [0.05, 0.1) is 0 Å². The Morgan fingerprint density at radius 2 is 1.95 bits per heavy atom. The lowest BCUT2D eigenvalue weighted by Crippen LogP contribution is -2.10. The SMILES string of the molecule is CCc1cccc(-c2nc(C3CCCCC3)n(C)n2)n1. The fourth-order valence-corrected chi connectivity index (χ4v) is 3.02. The summed E-state index contributed by atoms with van der Waals surface area (Å²) in [5, 5.41) is 4.57. The van der Waals surface area contributed by atoms with Crippen molar-refractivity contribution in [2.45, 2.75) is 51.4 Å². The molecule has 4 nitrogen and oxygen atoms in total. The molecule has 0 aliphatic heterocycles. The highest BCUT2D eigenvalue weighted by molar-refractivity contribution is 5.48. The summed E-state index contributed by atoms with van der Waals surface area (Å²) in [6.45, 7) is 2.12. The van der Waals surface area contributed by atoms with Crippen molar-refractivity contribution in [2.75, 3.05) is 0 Å². The molecule has 2 aromatic rings. The third-order valence-corrected chi connectivity index (χ3v) is 4.17. The lowest BCUT2D eigenvalue weighted by atomic mass is 9.89. The van der Waals surface area contributed by atoms with Gasteiger partial charge in [-0.1, -0.05) is 32.3 Å². The fourth-order valence-electron chi connectivity index (χ4n) is 3.02. The second-order valence-electron chi connectivity index (χ2n) is 5.62. The van der Waals surface area contributed by atoms with Crippen LogP contribution in [0.25, 0.3) is 11.5 Å². The van der Waals surface area contributed by atoms with E-state index >= 15 is 0 Å². The van der Waals surface area contributed by atoms with Gasteiger partial charge in [0.2, 0.25) is 0 Å². The molecule has 0 bridgehead atoms. The van der Waals surface area contributed by atoms with E-state index < -0.39 is 0 Å². The smallest absolute Gasteiger partial charge is 0.200 e. The lowest BCUT2D eigenvalue weighted by Gasteiger charge is -2.20. The Hall–Kier alpha value is -1.71. The van der Waals surface area contributed by atoms with Crippen LogP contribution in [0.3, 0.4) is 0 Å². The summed E-state index contributed by atoms with van der Waals surface area (Å²) in [5.41, 5.74) is 1.98. The number of pyridine rings is 1. The Balaban J connectivity index is 1.91. The summed E-state index contributed by atoms with van der Waals surface area (Å²) < 4.78 is 1.95. The van der Waals surface area contributed by atoms with Gasteiger partial charge >= 0.3 is 0 Å². The van der Waals surface area contributed by atoms with Crippen LogP contribution in [0.5, 0.6) is 0 Å². The number of hydrogen-bond donors (Lipinski definition) is 0. The molecule has 2 heterocycles.